The molecule has 1 unspecified atom stereocenters. The average Bonchev–Trinajstić information content (AvgIpc) is 2.69. The highest BCUT2D eigenvalue weighted by Crippen LogP contribution is 2.60. The molecule has 9 heteroatoms. The van der Waals surface area contributed by atoms with Gasteiger partial charge in [0, 0.05) is 9.89 Å². The first-order chi connectivity index (χ1) is 14.2. The zero-order valence-corrected chi connectivity index (χ0v) is 19.0. The van der Waals surface area contributed by atoms with Gasteiger partial charge in [-0.15, -0.1) is 0 Å². The molecule has 164 valence electrons. The molecule has 7 nitrogen and oxygen atoms in total. The topological polar surface area (TPSA) is 110 Å². The van der Waals surface area contributed by atoms with E-state index in [2.05, 4.69) is 20.7 Å². The van der Waals surface area contributed by atoms with Crippen molar-refractivity contribution in [2.75, 3.05) is 13.2 Å². The van der Waals surface area contributed by atoms with Gasteiger partial charge in [-0.3, -0.25) is 9.59 Å². The van der Waals surface area contributed by atoms with Crippen LogP contribution in [0.25, 0.3) is 0 Å². The minimum Gasteiger partial charge on any atom is -0.456 e. The number of aliphatic hydroxyl groups excluding tert-OH is 1. The number of esters is 1. The summed E-state index contributed by atoms with van der Waals surface area (Å²) in [5, 5.41) is 9.53. The van der Waals surface area contributed by atoms with Crippen molar-refractivity contribution in [1.82, 2.24) is 4.72 Å². The lowest BCUT2D eigenvalue weighted by Crippen LogP contribution is -2.51. The van der Waals surface area contributed by atoms with Gasteiger partial charge in [0.05, 0.1) is 11.5 Å². The van der Waals surface area contributed by atoms with Gasteiger partial charge in [-0.1, -0.05) is 15.9 Å². The third-order valence-corrected chi connectivity index (χ3v) is 8.88. The molecule has 5 rings (SSSR count). The molecular weight excluding hydrogens is 474 g/mol. The maximum absolute atomic E-state index is 13.0. The zero-order valence-electron chi connectivity index (χ0n) is 16.6. The first-order valence-corrected chi connectivity index (χ1v) is 12.6. The summed E-state index contributed by atoms with van der Waals surface area (Å²) in [6, 6.07) is 4.41. The molecule has 4 aliphatic carbocycles. The molecule has 0 saturated heterocycles. The van der Waals surface area contributed by atoms with Gasteiger partial charge < -0.3 is 9.84 Å². The third-order valence-electron chi connectivity index (χ3n) is 6.86. The number of Topliss-reactive ketones (excluding diaryl/α,β-unsaturated/α-hetero) is 1. The highest BCUT2D eigenvalue weighted by Gasteiger charge is 2.54. The van der Waals surface area contributed by atoms with Crippen LogP contribution in [0.1, 0.15) is 38.5 Å². The van der Waals surface area contributed by atoms with Crippen LogP contribution >= 0.6 is 15.9 Å². The first kappa shape index (κ1) is 21.9. The number of ether oxygens (including phenoxy) is 1. The van der Waals surface area contributed by atoms with E-state index in [1.807, 2.05) is 0 Å². The summed E-state index contributed by atoms with van der Waals surface area (Å²) in [6.07, 6.45) is 6.23. The highest BCUT2D eigenvalue weighted by atomic mass is 79.9. The molecule has 0 amide bonds. The number of benzene rings is 1. The number of carbonyl (C=O) groups is 2. The summed E-state index contributed by atoms with van der Waals surface area (Å²) in [5.41, 5.74) is -0.388. The lowest BCUT2D eigenvalue weighted by Gasteiger charge is -2.55. The molecule has 2 N–H and O–H groups in total. The summed E-state index contributed by atoms with van der Waals surface area (Å²) in [4.78, 5) is 25.3. The van der Waals surface area contributed by atoms with Crippen molar-refractivity contribution in [1.29, 1.82) is 0 Å². The van der Waals surface area contributed by atoms with Gasteiger partial charge in [-0.25, -0.2) is 8.42 Å². The number of halogens is 1. The molecular formula is C21H26BrNO6S. The summed E-state index contributed by atoms with van der Waals surface area (Å²) >= 11 is 3.23. The lowest BCUT2D eigenvalue weighted by molar-refractivity contribution is -0.159. The van der Waals surface area contributed by atoms with Crippen molar-refractivity contribution in [2.24, 2.45) is 23.2 Å². The van der Waals surface area contributed by atoms with Crippen LogP contribution in [0, 0.1) is 23.2 Å². The quantitative estimate of drug-likeness (QED) is 0.531. The molecule has 4 saturated carbocycles. The van der Waals surface area contributed by atoms with Crippen molar-refractivity contribution in [3.05, 3.63) is 28.7 Å². The van der Waals surface area contributed by atoms with E-state index >= 15 is 0 Å². The number of nitrogens with one attached hydrogen (secondary N) is 1. The number of hydrogen-bond donors (Lipinski definition) is 2. The van der Waals surface area contributed by atoms with Gasteiger partial charge in [-0.2, -0.15) is 4.72 Å². The molecule has 30 heavy (non-hydrogen) atoms. The van der Waals surface area contributed by atoms with Crippen molar-refractivity contribution in [2.45, 2.75) is 49.5 Å². The van der Waals surface area contributed by atoms with Crippen molar-refractivity contribution >= 4 is 37.7 Å². The largest absolute Gasteiger partial charge is 0.456 e. The number of ketones is 1. The highest BCUT2D eigenvalue weighted by molar-refractivity contribution is 9.10. The van der Waals surface area contributed by atoms with Crippen LogP contribution in [0.3, 0.4) is 0 Å². The van der Waals surface area contributed by atoms with Gasteiger partial charge >= 0.3 is 5.97 Å². The van der Waals surface area contributed by atoms with Crippen LogP contribution in [0.4, 0.5) is 0 Å². The number of hydrogen-bond acceptors (Lipinski definition) is 6. The minimum atomic E-state index is -4.03. The molecule has 0 radical (unpaired) electrons. The second-order valence-corrected chi connectivity index (χ2v) is 11.7. The smallest absolute Gasteiger partial charge is 0.327 e. The fourth-order valence-electron chi connectivity index (χ4n) is 5.87. The molecule has 1 aromatic rings. The van der Waals surface area contributed by atoms with Crippen molar-refractivity contribution < 1.29 is 27.9 Å². The van der Waals surface area contributed by atoms with Gasteiger partial charge in [0.1, 0.15) is 6.04 Å². The normalized spacial score (nSPS) is 30.8. The predicted molar refractivity (Wildman–Crippen MR) is 112 cm³/mol. The molecule has 4 fully saturated rings. The Morgan fingerprint density at radius 3 is 2.13 bits per heavy atom. The maximum atomic E-state index is 13.0. The van der Waals surface area contributed by atoms with Gasteiger partial charge in [0.2, 0.25) is 10.0 Å². The van der Waals surface area contributed by atoms with E-state index in [0.29, 0.717) is 22.2 Å². The summed E-state index contributed by atoms with van der Waals surface area (Å²) in [5.74, 6) is 0.773. The molecule has 1 aromatic carbocycles. The van der Waals surface area contributed by atoms with Gasteiger partial charge in [0.15, 0.2) is 12.4 Å². The average molecular weight is 500 g/mol. The Kier molecular flexibility index (Phi) is 6.09. The second kappa shape index (κ2) is 8.33. The van der Waals surface area contributed by atoms with Crippen LogP contribution < -0.4 is 4.72 Å². The van der Waals surface area contributed by atoms with E-state index in [4.69, 9.17) is 4.74 Å². The van der Waals surface area contributed by atoms with E-state index in [1.165, 1.54) is 31.4 Å². The minimum absolute atomic E-state index is 0.0402. The van der Waals surface area contributed by atoms with E-state index in [0.717, 1.165) is 19.3 Å². The number of aliphatic hydroxyl groups is 1. The molecule has 0 aliphatic heterocycles. The van der Waals surface area contributed by atoms with Gasteiger partial charge in [-0.05, 0) is 80.5 Å². The Bertz CT molecular complexity index is 894. The lowest BCUT2D eigenvalue weighted by atomic mass is 9.48. The fraction of sp³-hybridized carbons (Fsp3) is 0.619. The first-order valence-electron chi connectivity index (χ1n) is 10.3. The Balaban J connectivity index is 1.36. The third kappa shape index (κ3) is 4.35. The van der Waals surface area contributed by atoms with Crippen LogP contribution in [0.2, 0.25) is 0 Å². The molecule has 0 heterocycles. The van der Waals surface area contributed by atoms with Crippen LogP contribution in [0.15, 0.2) is 33.6 Å². The number of sulfonamides is 1. The van der Waals surface area contributed by atoms with Crippen LogP contribution in [-0.2, 0) is 24.3 Å². The number of rotatable bonds is 8. The summed E-state index contributed by atoms with van der Waals surface area (Å²) in [6.45, 7) is -1.14. The maximum Gasteiger partial charge on any atom is 0.327 e. The standard InChI is InChI=1S/C21H26BrNO6S/c22-16-1-3-17(4-2-16)30(27,28)23-18(11-24)20(26)29-12-19(25)21-8-13-5-14(9-21)7-15(6-13)10-21/h1-4,13-15,18,23-24H,5-12H2. The Labute approximate surface area is 184 Å². The van der Waals surface area contributed by atoms with E-state index in [9.17, 15) is 23.1 Å². The van der Waals surface area contributed by atoms with Gasteiger partial charge in [0.25, 0.3) is 0 Å². The SMILES string of the molecule is O=C(OCC(=O)C12CC3CC(CC(C3)C1)C2)C(CO)NS(=O)(=O)c1ccc(Br)cc1. The molecule has 4 aliphatic rings. The summed E-state index contributed by atoms with van der Waals surface area (Å²) in [7, 11) is -4.03. The number of carbonyl (C=O) groups excluding carboxylic acids is 2. The van der Waals surface area contributed by atoms with E-state index < -0.39 is 28.6 Å². The monoisotopic (exact) mass is 499 g/mol. The zero-order chi connectivity index (χ0) is 21.5. The molecule has 4 bridgehead atoms. The molecule has 0 spiro atoms. The Hall–Kier alpha value is -1.29. The molecule has 1 atom stereocenters. The Morgan fingerprint density at radius 1 is 1.10 bits per heavy atom. The fourth-order valence-corrected chi connectivity index (χ4v) is 7.31. The Morgan fingerprint density at radius 2 is 1.63 bits per heavy atom. The summed E-state index contributed by atoms with van der Waals surface area (Å²) < 4.78 is 33.0. The molecule has 0 aromatic heterocycles. The second-order valence-electron chi connectivity index (χ2n) is 9.04. The van der Waals surface area contributed by atoms with Crippen LogP contribution in [-0.4, -0.2) is 44.5 Å². The van der Waals surface area contributed by atoms with Crippen molar-refractivity contribution in [3.8, 4) is 0 Å². The van der Waals surface area contributed by atoms with Crippen molar-refractivity contribution in [3.63, 3.8) is 0 Å². The predicted octanol–water partition coefficient (Wildman–Crippen LogP) is 2.42. The van der Waals surface area contributed by atoms with Crippen LogP contribution in [0.5, 0.6) is 0 Å². The van der Waals surface area contributed by atoms with E-state index in [1.54, 1.807) is 12.1 Å². The van der Waals surface area contributed by atoms with E-state index in [-0.39, 0.29) is 22.7 Å².